The molecule has 0 bridgehead atoms. The summed E-state index contributed by atoms with van der Waals surface area (Å²) >= 11 is 0. The second-order valence-corrected chi connectivity index (χ2v) is 5.60. The number of rotatable bonds is 4. The van der Waals surface area contributed by atoms with Crippen LogP contribution in [0.1, 0.15) is 30.2 Å². The van der Waals surface area contributed by atoms with Crippen LogP contribution in [0.4, 0.5) is 5.69 Å². The first-order valence-electron chi connectivity index (χ1n) is 6.90. The fourth-order valence-electron chi connectivity index (χ4n) is 2.98. The number of aromatic nitrogens is 1. The van der Waals surface area contributed by atoms with Crippen LogP contribution in [-0.4, -0.2) is 39.1 Å². The molecule has 1 saturated heterocycles. The maximum Gasteiger partial charge on any atom is 0.278 e. The molecule has 6 heteroatoms. The maximum absolute atomic E-state index is 11.1. The quantitative estimate of drug-likeness (QED) is 0.671. The van der Waals surface area contributed by atoms with Gasteiger partial charge in [-0.1, -0.05) is 6.92 Å². The Kier molecular flexibility index (Phi) is 4.35. The molecule has 20 heavy (non-hydrogen) atoms. The SMILES string of the molecule is Cc1cnc(CN2CCC(C)C2CO)c(C)c1[N+](=O)[O-]. The molecular formula is C14H21N3O3. The van der Waals surface area contributed by atoms with E-state index in [1.54, 1.807) is 20.0 Å². The van der Waals surface area contributed by atoms with Gasteiger partial charge in [0.25, 0.3) is 5.69 Å². The zero-order valence-corrected chi connectivity index (χ0v) is 12.2. The van der Waals surface area contributed by atoms with Gasteiger partial charge in [-0.15, -0.1) is 0 Å². The van der Waals surface area contributed by atoms with Crippen molar-refractivity contribution in [2.75, 3.05) is 13.2 Å². The van der Waals surface area contributed by atoms with Crippen LogP contribution in [0.25, 0.3) is 0 Å². The standard InChI is InChI=1S/C14H21N3O3/c1-9-4-5-16(13(9)8-18)7-12-11(3)14(17(19)20)10(2)6-15-12/h6,9,13,18H,4-5,7-8H2,1-3H3. The van der Waals surface area contributed by atoms with E-state index in [2.05, 4.69) is 16.8 Å². The minimum atomic E-state index is -0.341. The molecule has 1 aliphatic heterocycles. The molecular weight excluding hydrogens is 258 g/mol. The van der Waals surface area contributed by atoms with Gasteiger partial charge in [0, 0.05) is 29.9 Å². The highest BCUT2D eigenvalue weighted by molar-refractivity contribution is 5.47. The van der Waals surface area contributed by atoms with E-state index in [1.807, 2.05) is 0 Å². The smallest absolute Gasteiger partial charge is 0.278 e. The van der Waals surface area contributed by atoms with E-state index in [9.17, 15) is 15.2 Å². The van der Waals surface area contributed by atoms with Crippen molar-refractivity contribution in [1.29, 1.82) is 0 Å². The van der Waals surface area contributed by atoms with Crippen molar-refractivity contribution >= 4 is 5.69 Å². The van der Waals surface area contributed by atoms with Crippen molar-refractivity contribution < 1.29 is 10.0 Å². The summed E-state index contributed by atoms with van der Waals surface area (Å²) in [5.41, 5.74) is 2.11. The zero-order valence-electron chi connectivity index (χ0n) is 12.2. The monoisotopic (exact) mass is 279 g/mol. The second kappa shape index (κ2) is 5.85. The molecule has 0 saturated carbocycles. The van der Waals surface area contributed by atoms with Crippen molar-refractivity contribution in [2.45, 2.75) is 39.8 Å². The number of nitrogens with zero attached hydrogens (tertiary/aromatic N) is 3. The van der Waals surface area contributed by atoms with Gasteiger partial charge < -0.3 is 5.11 Å². The second-order valence-electron chi connectivity index (χ2n) is 5.60. The lowest BCUT2D eigenvalue weighted by atomic mass is 10.0. The molecule has 1 aromatic heterocycles. The summed E-state index contributed by atoms with van der Waals surface area (Å²) in [6, 6.07) is 0.122. The summed E-state index contributed by atoms with van der Waals surface area (Å²) in [5.74, 6) is 0.445. The molecule has 2 rings (SSSR count). The van der Waals surface area contributed by atoms with Crippen LogP contribution in [0.2, 0.25) is 0 Å². The lowest BCUT2D eigenvalue weighted by molar-refractivity contribution is -0.386. The fraction of sp³-hybridized carbons (Fsp3) is 0.643. The van der Waals surface area contributed by atoms with E-state index in [-0.39, 0.29) is 23.3 Å². The van der Waals surface area contributed by atoms with Gasteiger partial charge in [0.15, 0.2) is 0 Å². The maximum atomic E-state index is 11.1. The topological polar surface area (TPSA) is 79.5 Å². The lowest BCUT2D eigenvalue weighted by Crippen LogP contribution is -2.35. The summed E-state index contributed by atoms with van der Waals surface area (Å²) in [6.45, 7) is 7.15. The van der Waals surface area contributed by atoms with Crippen molar-refractivity contribution in [3.8, 4) is 0 Å². The lowest BCUT2D eigenvalue weighted by Gasteiger charge is -2.25. The molecule has 1 aromatic rings. The molecule has 2 atom stereocenters. The first-order valence-corrected chi connectivity index (χ1v) is 6.90. The molecule has 6 nitrogen and oxygen atoms in total. The van der Waals surface area contributed by atoms with Crippen molar-refractivity contribution in [2.24, 2.45) is 5.92 Å². The molecule has 1 fully saturated rings. The van der Waals surface area contributed by atoms with Gasteiger partial charge >= 0.3 is 0 Å². The predicted octanol–water partition coefficient (Wildman–Crippen LogP) is 1.81. The first-order chi connectivity index (χ1) is 9.45. The highest BCUT2D eigenvalue weighted by atomic mass is 16.6. The molecule has 2 unspecified atom stereocenters. The normalized spacial score (nSPS) is 23.2. The molecule has 0 aliphatic carbocycles. The van der Waals surface area contributed by atoms with Crippen LogP contribution in [-0.2, 0) is 6.54 Å². The van der Waals surface area contributed by atoms with Gasteiger partial charge in [-0.2, -0.15) is 0 Å². The van der Waals surface area contributed by atoms with E-state index in [0.717, 1.165) is 18.7 Å². The third-order valence-corrected chi connectivity index (χ3v) is 4.30. The third kappa shape index (κ3) is 2.66. The minimum absolute atomic E-state index is 0.119. The zero-order chi connectivity index (χ0) is 14.9. The Hall–Kier alpha value is -1.53. The largest absolute Gasteiger partial charge is 0.395 e. The Morgan fingerprint density at radius 2 is 2.25 bits per heavy atom. The van der Waals surface area contributed by atoms with Gasteiger partial charge in [0.2, 0.25) is 0 Å². The number of likely N-dealkylation sites (tertiary alicyclic amines) is 1. The van der Waals surface area contributed by atoms with Gasteiger partial charge in [-0.05, 0) is 32.7 Å². The Bertz CT molecular complexity index is 519. The van der Waals surface area contributed by atoms with E-state index >= 15 is 0 Å². The van der Waals surface area contributed by atoms with Crippen molar-refractivity contribution in [3.63, 3.8) is 0 Å². The summed E-state index contributed by atoms with van der Waals surface area (Å²) in [4.78, 5) is 17.3. The molecule has 0 amide bonds. The van der Waals surface area contributed by atoms with E-state index in [0.29, 0.717) is 23.6 Å². The first kappa shape index (κ1) is 14.9. The fourth-order valence-corrected chi connectivity index (χ4v) is 2.98. The number of nitro groups is 1. The van der Waals surface area contributed by atoms with Crippen molar-refractivity contribution in [1.82, 2.24) is 9.88 Å². The molecule has 0 spiro atoms. The van der Waals surface area contributed by atoms with Gasteiger partial charge in [0.05, 0.1) is 17.2 Å². The van der Waals surface area contributed by atoms with Gasteiger partial charge in [-0.25, -0.2) is 0 Å². The number of aliphatic hydroxyl groups excluding tert-OH is 1. The minimum Gasteiger partial charge on any atom is -0.395 e. The van der Waals surface area contributed by atoms with Crippen LogP contribution < -0.4 is 0 Å². The highest BCUT2D eigenvalue weighted by Crippen LogP contribution is 2.29. The summed E-state index contributed by atoms with van der Waals surface area (Å²) in [7, 11) is 0. The molecule has 0 aromatic carbocycles. The molecule has 1 aliphatic rings. The van der Waals surface area contributed by atoms with E-state index < -0.39 is 0 Å². The number of aryl methyl sites for hydroxylation is 1. The Labute approximate surface area is 118 Å². The third-order valence-electron chi connectivity index (χ3n) is 4.30. The average molecular weight is 279 g/mol. The number of pyridine rings is 1. The predicted molar refractivity (Wildman–Crippen MR) is 75.4 cm³/mol. The van der Waals surface area contributed by atoms with Crippen LogP contribution >= 0.6 is 0 Å². The molecule has 2 heterocycles. The number of hydrogen-bond donors (Lipinski definition) is 1. The Balaban J connectivity index is 2.26. The molecule has 1 N–H and O–H groups in total. The average Bonchev–Trinajstić information content (AvgIpc) is 2.73. The van der Waals surface area contributed by atoms with Gasteiger partial charge in [0.1, 0.15) is 0 Å². The number of hydrogen-bond acceptors (Lipinski definition) is 5. The summed E-state index contributed by atoms with van der Waals surface area (Å²) in [6.07, 6.45) is 2.60. The summed E-state index contributed by atoms with van der Waals surface area (Å²) < 4.78 is 0. The summed E-state index contributed by atoms with van der Waals surface area (Å²) in [5, 5.41) is 20.6. The van der Waals surface area contributed by atoms with Crippen LogP contribution in [0.15, 0.2) is 6.20 Å². The van der Waals surface area contributed by atoms with Crippen LogP contribution in [0, 0.1) is 29.9 Å². The van der Waals surface area contributed by atoms with E-state index in [4.69, 9.17) is 0 Å². The van der Waals surface area contributed by atoms with Crippen LogP contribution in [0.5, 0.6) is 0 Å². The highest BCUT2D eigenvalue weighted by Gasteiger charge is 2.31. The van der Waals surface area contributed by atoms with E-state index in [1.165, 1.54) is 0 Å². The van der Waals surface area contributed by atoms with Crippen molar-refractivity contribution in [3.05, 3.63) is 33.1 Å². The van der Waals surface area contributed by atoms with Gasteiger partial charge in [-0.3, -0.25) is 20.0 Å². The van der Waals surface area contributed by atoms with Crippen LogP contribution in [0.3, 0.4) is 0 Å². The number of aliphatic hydroxyl groups is 1. The Morgan fingerprint density at radius 1 is 1.55 bits per heavy atom. The molecule has 0 radical (unpaired) electrons. The Morgan fingerprint density at radius 3 is 2.85 bits per heavy atom. The molecule has 110 valence electrons.